The Labute approximate surface area is 99.5 Å². The zero-order valence-electron chi connectivity index (χ0n) is 9.64. The van der Waals surface area contributed by atoms with E-state index in [0.29, 0.717) is 11.3 Å². The van der Waals surface area contributed by atoms with Crippen molar-refractivity contribution in [1.82, 2.24) is 0 Å². The lowest BCUT2D eigenvalue weighted by Crippen LogP contribution is -2.17. The molecule has 0 atom stereocenters. The van der Waals surface area contributed by atoms with Crippen molar-refractivity contribution in [2.24, 2.45) is 0 Å². The van der Waals surface area contributed by atoms with Crippen LogP contribution in [0.15, 0.2) is 24.3 Å². The molecule has 17 heavy (non-hydrogen) atoms. The fraction of sp³-hybridized carbons (Fsp3) is 0.333. The largest absolute Gasteiger partial charge is 0.463 e. The first-order chi connectivity index (χ1) is 8.13. The number of nitrogens with two attached hydrogens (primary N) is 1. The summed E-state index contributed by atoms with van der Waals surface area (Å²) in [5, 5.41) is 0. The van der Waals surface area contributed by atoms with Gasteiger partial charge in [0, 0.05) is 5.69 Å². The molecule has 0 saturated carbocycles. The van der Waals surface area contributed by atoms with Gasteiger partial charge in [0.25, 0.3) is 0 Å². The highest BCUT2D eigenvalue weighted by molar-refractivity contribution is 5.78. The normalized spacial score (nSPS) is 9.71. The third-order valence-electron chi connectivity index (χ3n) is 2.05. The lowest BCUT2D eigenvalue weighted by atomic mass is 10.1. The maximum Gasteiger partial charge on any atom is 0.344 e. The van der Waals surface area contributed by atoms with Crippen molar-refractivity contribution < 1.29 is 19.1 Å². The minimum atomic E-state index is -0.554. The summed E-state index contributed by atoms with van der Waals surface area (Å²) in [5.41, 5.74) is 6.88. The van der Waals surface area contributed by atoms with Crippen molar-refractivity contribution in [1.29, 1.82) is 0 Å². The number of hydrogen-bond donors (Lipinski definition) is 1. The Bertz CT molecular complexity index is 403. The Kier molecular flexibility index (Phi) is 5.00. The van der Waals surface area contributed by atoms with E-state index in [9.17, 15) is 9.59 Å². The quantitative estimate of drug-likeness (QED) is 0.608. The molecule has 1 rings (SSSR count). The van der Waals surface area contributed by atoms with Crippen LogP contribution < -0.4 is 5.73 Å². The number of carbonyl (C=O) groups excluding carboxylic acids is 2. The summed E-state index contributed by atoms with van der Waals surface area (Å²) in [5.74, 6) is -1.06. The molecule has 1 aromatic rings. The summed E-state index contributed by atoms with van der Waals surface area (Å²) in [6.45, 7) is 1.59. The van der Waals surface area contributed by atoms with Crippen molar-refractivity contribution in [3.05, 3.63) is 29.8 Å². The molecule has 0 amide bonds. The number of anilines is 1. The van der Waals surface area contributed by atoms with Crippen LogP contribution in [0.5, 0.6) is 0 Å². The number of carbonyl (C=O) groups is 2. The topological polar surface area (TPSA) is 78.6 Å². The van der Waals surface area contributed by atoms with Gasteiger partial charge in [0.15, 0.2) is 6.61 Å². The molecule has 0 radical (unpaired) electrons. The Balaban J connectivity index is 2.40. The van der Waals surface area contributed by atoms with E-state index in [1.165, 1.54) is 0 Å². The molecule has 0 aliphatic rings. The van der Waals surface area contributed by atoms with Crippen LogP contribution in [0.2, 0.25) is 0 Å². The number of ether oxygens (including phenoxy) is 2. The zero-order chi connectivity index (χ0) is 12.7. The molecule has 0 spiro atoms. The van der Waals surface area contributed by atoms with Crippen LogP contribution >= 0.6 is 0 Å². The van der Waals surface area contributed by atoms with Crippen molar-refractivity contribution in [2.45, 2.75) is 13.3 Å². The highest BCUT2D eigenvalue weighted by Crippen LogP contribution is 2.11. The fourth-order valence-electron chi connectivity index (χ4n) is 1.24. The van der Waals surface area contributed by atoms with Crippen molar-refractivity contribution >= 4 is 17.6 Å². The first kappa shape index (κ1) is 13.0. The number of esters is 2. The van der Waals surface area contributed by atoms with Crippen LogP contribution in [0.3, 0.4) is 0 Å². The van der Waals surface area contributed by atoms with Crippen LogP contribution in [0.1, 0.15) is 12.5 Å². The minimum absolute atomic E-state index is 0.0477. The maximum atomic E-state index is 11.4. The van der Waals surface area contributed by atoms with E-state index in [1.807, 2.05) is 0 Å². The molecule has 1 aromatic carbocycles. The Morgan fingerprint density at radius 3 is 2.53 bits per heavy atom. The van der Waals surface area contributed by atoms with Gasteiger partial charge in [-0.15, -0.1) is 0 Å². The van der Waals surface area contributed by atoms with E-state index < -0.39 is 11.9 Å². The highest BCUT2D eigenvalue weighted by Gasteiger charge is 2.10. The average Bonchev–Trinajstić information content (AvgIpc) is 2.30. The second-order valence-electron chi connectivity index (χ2n) is 3.34. The molecular weight excluding hydrogens is 222 g/mol. The van der Waals surface area contributed by atoms with E-state index in [4.69, 9.17) is 10.5 Å². The number of nitrogen functional groups attached to an aromatic ring is 1. The van der Waals surface area contributed by atoms with E-state index in [2.05, 4.69) is 4.74 Å². The number of para-hydroxylation sites is 1. The van der Waals surface area contributed by atoms with Crippen LogP contribution in [0.25, 0.3) is 0 Å². The summed E-state index contributed by atoms with van der Waals surface area (Å²) in [6.07, 6.45) is 0.0477. The van der Waals surface area contributed by atoms with Gasteiger partial charge < -0.3 is 15.2 Å². The standard InChI is InChI=1S/C12H15NO4/c1-2-16-12(15)8-17-11(14)7-9-5-3-4-6-10(9)13/h3-6H,2,7-8,13H2,1H3. The molecule has 0 aromatic heterocycles. The first-order valence-corrected chi connectivity index (χ1v) is 5.28. The van der Waals surface area contributed by atoms with E-state index >= 15 is 0 Å². The number of hydrogen-bond acceptors (Lipinski definition) is 5. The molecule has 0 bridgehead atoms. The summed E-state index contributed by atoms with van der Waals surface area (Å²) in [6, 6.07) is 7.00. The SMILES string of the molecule is CCOC(=O)COC(=O)Cc1ccccc1N. The lowest BCUT2D eigenvalue weighted by Gasteiger charge is -2.06. The van der Waals surface area contributed by atoms with Crippen molar-refractivity contribution in [3.63, 3.8) is 0 Å². The van der Waals surface area contributed by atoms with Crippen molar-refractivity contribution in [2.75, 3.05) is 18.9 Å². The predicted octanol–water partition coefficient (Wildman–Crippen LogP) is 0.918. The third-order valence-corrected chi connectivity index (χ3v) is 2.05. The summed E-state index contributed by atoms with van der Waals surface area (Å²) in [4.78, 5) is 22.3. The van der Waals surface area contributed by atoms with E-state index in [1.54, 1.807) is 31.2 Å². The Hall–Kier alpha value is -2.04. The zero-order valence-corrected chi connectivity index (χ0v) is 9.64. The van der Waals surface area contributed by atoms with Gasteiger partial charge in [0.2, 0.25) is 0 Å². The van der Waals surface area contributed by atoms with E-state index in [0.717, 1.165) is 0 Å². The summed E-state index contributed by atoms with van der Waals surface area (Å²) < 4.78 is 9.37. The van der Waals surface area contributed by atoms with Gasteiger partial charge in [0.1, 0.15) is 0 Å². The molecule has 0 heterocycles. The van der Waals surface area contributed by atoms with Gasteiger partial charge in [-0.25, -0.2) is 4.79 Å². The molecule has 5 heteroatoms. The van der Waals surface area contributed by atoms with Gasteiger partial charge in [-0.3, -0.25) is 4.79 Å². The average molecular weight is 237 g/mol. The third kappa shape index (κ3) is 4.55. The number of benzene rings is 1. The van der Waals surface area contributed by atoms with Crippen LogP contribution in [-0.2, 0) is 25.5 Å². The van der Waals surface area contributed by atoms with E-state index in [-0.39, 0.29) is 19.6 Å². The number of rotatable bonds is 5. The first-order valence-electron chi connectivity index (χ1n) is 5.28. The lowest BCUT2D eigenvalue weighted by molar-refractivity contribution is -0.158. The van der Waals surface area contributed by atoms with Gasteiger partial charge in [-0.05, 0) is 18.6 Å². The van der Waals surface area contributed by atoms with Crippen LogP contribution in [-0.4, -0.2) is 25.2 Å². The smallest absolute Gasteiger partial charge is 0.344 e. The monoisotopic (exact) mass is 237 g/mol. The fourth-order valence-corrected chi connectivity index (χ4v) is 1.24. The molecule has 0 aliphatic carbocycles. The van der Waals surface area contributed by atoms with Gasteiger partial charge >= 0.3 is 11.9 Å². The molecule has 92 valence electrons. The summed E-state index contributed by atoms with van der Waals surface area (Å²) in [7, 11) is 0. The Morgan fingerprint density at radius 2 is 1.88 bits per heavy atom. The predicted molar refractivity (Wildman–Crippen MR) is 62.2 cm³/mol. The second-order valence-corrected chi connectivity index (χ2v) is 3.34. The minimum Gasteiger partial charge on any atom is -0.463 e. The molecule has 2 N–H and O–H groups in total. The molecule has 0 saturated heterocycles. The maximum absolute atomic E-state index is 11.4. The van der Waals surface area contributed by atoms with Crippen LogP contribution in [0, 0.1) is 0 Å². The van der Waals surface area contributed by atoms with Crippen molar-refractivity contribution in [3.8, 4) is 0 Å². The van der Waals surface area contributed by atoms with Gasteiger partial charge in [-0.2, -0.15) is 0 Å². The Morgan fingerprint density at radius 1 is 1.18 bits per heavy atom. The van der Waals surface area contributed by atoms with Crippen LogP contribution in [0.4, 0.5) is 5.69 Å². The molecule has 0 aliphatic heterocycles. The molecule has 0 unspecified atom stereocenters. The van der Waals surface area contributed by atoms with Gasteiger partial charge in [0.05, 0.1) is 13.0 Å². The second kappa shape index (κ2) is 6.52. The molecule has 0 fully saturated rings. The molecular formula is C12H15NO4. The summed E-state index contributed by atoms with van der Waals surface area (Å²) >= 11 is 0. The van der Waals surface area contributed by atoms with Gasteiger partial charge in [-0.1, -0.05) is 18.2 Å². The highest BCUT2D eigenvalue weighted by atomic mass is 16.6. The molecule has 5 nitrogen and oxygen atoms in total.